The Morgan fingerprint density at radius 2 is 2.17 bits per heavy atom. The van der Waals surface area contributed by atoms with Crippen molar-refractivity contribution in [2.24, 2.45) is 0 Å². The van der Waals surface area contributed by atoms with E-state index in [1.54, 1.807) is 6.92 Å². The van der Waals surface area contributed by atoms with Crippen LogP contribution in [0.4, 0.5) is 4.79 Å². The number of aliphatic hydroxyl groups excluding tert-OH is 1. The second-order valence-electron chi connectivity index (χ2n) is 5.63. The highest BCUT2D eigenvalue weighted by atomic mass is 16.7. The van der Waals surface area contributed by atoms with Crippen molar-refractivity contribution < 1.29 is 24.1 Å². The van der Waals surface area contributed by atoms with Crippen LogP contribution in [0.15, 0.2) is 30.3 Å². The fourth-order valence-electron chi connectivity index (χ4n) is 2.38. The average molecular weight is 323 g/mol. The molecule has 6 heteroatoms. The summed E-state index contributed by atoms with van der Waals surface area (Å²) in [7, 11) is 0. The normalized spacial score (nSPS) is 20.5. The molecule has 2 N–H and O–H groups in total. The topological polar surface area (TPSA) is 77.0 Å². The average Bonchev–Trinajstić information content (AvgIpc) is 2.59. The molecule has 3 unspecified atom stereocenters. The molecule has 0 aromatic heterocycles. The van der Waals surface area contributed by atoms with Gasteiger partial charge < -0.3 is 24.6 Å². The standard InChI is InChI=1S/C17H25NO5/c1-13(23-16-9-5-6-10-21-16)15(11-19)18-17(20)22-12-14-7-3-2-4-8-14/h2-4,7-8,13,15-16,19H,5-6,9-12H2,1H3,(H,18,20). The third-order valence-electron chi connectivity index (χ3n) is 3.78. The van der Waals surface area contributed by atoms with Crippen LogP contribution in [0.25, 0.3) is 0 Å². The Hall–Kier alpha value is -1.63. The highest BCUT2D eigenvalue weighted by Gasteiger charge is 2.24. The quantitative estimate of drug-likeness (QED) is 0.804. The lowest BCUT2D eigenvalue weighted by atomic mass is 10.1. The first-order valence-electron chi connectivity index (χ1n) is 8.04. The van der Waals surface area contributed by atoms with Gasteiger partial charge in [0.1, 0.15) is 6.61 Å². The molecule has 0 bridgehead atoms. The summed E-state index contributed by atoms with van der Waals surface area (Å²) in [6.45, 7) is 2.45. The van der Waals surface area contributed by atoms with Crippen LogP contribution >= 0.6 is 0 Å². The van der Waals surface area contributed by atoms with Gasteiger partial charge >= 0.3 is 6.09 Å². The number of ether oxygens (including phenoxy) is 3. The number of hydrogen-bond donors (Lipinski definition) is 2. The van der Waals surface area contributed by atoms with E-state index in [9.17, 15) is 9.90 Å². The van der Waals surface area contributed by atoms with Crippen molar-refractivity contribution in [1.82, 2.24) is 5.32 Å². The Bertz CT molecular complexity index is 461. The van der Waals surface area contributed by atoms with E-state index in [0.717, 1.165) is 24.8 Å². The highest BCUT2D eigenvalue weighted by molar-refractivity contribution is 5.67. The van der Waals surface area contributed by atoms with E-state index >= 15 is 0 Å². The Labute approximate surface area is 136 Å². The summed E-state index contributed by atoms with van der Waals surface area (Å²) in [5, 5.41) is 12.1. The SMILES string of the molecule is CC(OC1CCCCO1)C(CO)NC(=O)OCc1ccccc1. The Balaban J connectivity index is 1.74. The zero-order valence-corrected chi connectivity index (χ0v) is 13.4. The third-order valence-corrected chi connectivity index (χ3v) is 3.78. The van der Waals surface area contributed by atoms with Gasteiger partial charge in [-0.2, -0.15) is 0 Å². The molecule has 2 rings (SSSR count). The lowest BCUT2D eigenvalue weighted by Gasteiger charge is -2.29. The van der Waals surface area contributed by atoms with Crippen molar-refractivity contribution >= 4 is 6.09 Å². The van der Waals surface area contributed by atoms with Crippen LogP contribution in [0.1, 0.15) is 31.7 Å². The zero-order valence-electron chi connectivity index (χ0n) is 13.4. The van der Waals surface area contributed by atoms with Gasteiger partial charge in [0.2, 0.25) is 0 Å². The summed E-state index contributed by atoms with van der Waals surface area (Å²) in [5.74, 6) is 0. The minimum Gasteiger partial charge on any atom is -0.445 e. The molecule has 1 heterocycles. The maximum atomic E-state index is 11.9. The number of alkyl carbamates (subject to hydrolysis) is 1. The van der Waals surface area contributed by atoms with Gasteiger partial charge in [0.15, 0.2) is 6.29 Å². The van der Waals surface area contributed by atoms with Gasteiger partial charge in [0, 0.05) is 6.61 Å². The molecule has 1 aliphatic heterocycles. The number of rotatable bonds is 7. The molecule has 3 atom stereocenters. The van der Waals surface area contributed by atoms with E-state index in [0.29, 0.717) is 6.61 Å². The van der Waals surface area contributed by atoms with Gasteiger partial charge in [0.25, 0.3) is 0 Å². The van der Waals surface area contributed by atoms with Crippen molar-refractivity contribution in [1.29, 1.82) is 0 Å². The van der Waals surface area contributed by atoms with Crippen molar-refractivity contribution in [3.8, 4) is 0 Å². The van der Waals surface area contributed by atoms with Crippen LogP contribution in [0.2, 0.25) is 0 Å². The lowest BCUT2D eigenvalue weighted by molar-refractivity contribution is -0.191. The molecule has 1 saturated heterocycles. The van der Waals surface area contributed by atoms with Gasteiger partial charge in [-0.25, -0.2) is 4.79 Å². The van der Waals surface area contributed by atoms with Crippen LogP contribution in [0.3, 0.4) is 0 Å². The van der Waals surface area contributed by atoms with Crippen LogP contribution in [0, 0.1) is 0 Å². The third kappa shape index (κ3) is 6.17. The van der Waals surface area contributed by atoms with Crippen LogP contribution in [-0.4, -0.2) is 42.8 Å². The van der Waals surface area contributed by atoms with Crippen LogP contribution < -0.4 is 5.32 Å². The van der Waals surface area contributed by atoms with Gasteiger partial charge in [0.05, 0.1) is 18.8 Å². The van der Waals surface area contributed by atoms with Crippen LogP contribution in [-0.2, 0) is 20.8 Å². The second-order valence-corrected chi connectivity index (χ2v) is 5.63. The molecule has 1 fully saturated rings. The summed E-state index contributed by atoms with van der Waals surface area (Å²) < 4.78 is 16.4. The molecule has 0 spiro atoms. The maximum Gasteiger partial charge on any atom is 0.407 e. The maximum absolute atomic E-state index is 11.9. The van der Waals surface area contributed by atoms with E-state index in [1.807, 2.05) is 30.3 Å². The van der Waals surface area contributed by atoms with Gasteiger partial charge in [-0.3, -0.25) is 0 Å². The molecule has 128 valence electrons. The minimum absolute atomic E-state index is 0.186. The molecule has 1 aliphatic rings. The van der Waals surface area contributed by atoms with E-state index < -0.39 is 12.1 Å². The summed E-state index contributed by atoms with van der Waals surface area (Å²) in [6.07, 6.45) is 1.73. The summed E-state index contributed by atoms with van der Waals surface area (Å²) in [6, 6.07) is 8.88. The van der Waals surface area contributed by atoms with E-state index in [1.165, 1.54) is 0 Å². The number of carbonyl (C=O) groups excluding carboxylic acids is 1. The molecule has 0 radical (unpaired) electrons. The second kappa shape index (κ2) is 9.50. The molecule has 0 saturated carbocycles. The molecule has 1 aromatic carbocycles. The molecule has 23 heavy (non-hydrogen) atoms. The molecule has 0 aliphatic carbocycles. The highest BCUT2D eigenvalue weighted by Crippen LogP contribution is 2.16. The summed E-state index contributed by atoms with van der Waals surface area (Å²) in [4.78, 5) is 11.9. The predicted octanol–water partition coefficient (Wildman–Crippen LogP) is 2.21. The molecule has 6 nitrogen and oxygen atoms in total. The van der Waals surface area contributed by atoms with Crippen LogP contribution in [0.5, 0.6) is 0 Å². The number of nitrogens with one attached hydrogen (secondary N) is 1. The van der Waals surface area contributed by atoms with Crippen molar-refractivity contribution in [3.63, 3.8) is 0 Å². The largest absolute Gasteiger partial charge is 0.445 e. The van der Waals surface area contributed by atoms with Gasteiger partial charge in [-0.1, -0.05) is 30.3 Å². The minimum atomic E-state index is -0.576. The Morgan fingerprint density at radius 3 is 2.83 bits per heavy atom. The fourth-order valence-corrected chi connectivity index (χ4v) is 2.38. The smallest absolute Gasteiger partial charge is 0.407 e. The lowest BCUT2D eigenvalue weighted by Crippen LogP contribution is -2.47. The van der Waals surface area contributed by atoms with E-state index in [4.69, 9.17) is 14.2 Å². The first-order valence-corrected chi connectivity index (χ1v) is 8.04. The summed E-state index contributed by atoms with van der Waals surface area (Å²) >= 11 is 0. The molecule has 1 aromatic rings. The number of aliphatic hydroxyl groups is 1. The number of benzene rings is 1. The number of hydrogen-bond acceptors (Lipinski definition) is 5. The monoisotopic (exact) mass is 323 g/mol. The predicted molar refractivity (Wildman–Crippen MR) is 84.8 cm³/mol. The van der Waals surface area contributed by atoms with Gasteiger partial charge in [-0.15, -0.1) is 0 Å². The Kier molecular flexibility index (Phi) is 7.32. The first kappa shape index (κ1) is 17.7. The number of carbonyl (C=O) groups is 1. The molecular weight excluding hydrogens is 298 g/mol. The van der Waals surface area contributed by atoms with Gasteiger partial charge in [-0.05, 0) is 31.7 Å². The van der Waals surface area contributed by atoms with Crippen molar-refractivity contribution in [3.05, 3.63) is 35.9 Å². The zero-order chi connectivity index (χ0) is 16.5. The van der Waals surface area contributed by atoms with E-state index in [2.05, 4.69) is 5.32 Å². The first-order chi connectivity index (χ1) is 11.2. The molecule has 1 amide bonds. The number of amides is 1. The van der Waals surface area contributed by atoms with Crippen molar-refractivity contribution in [2.75, 3.05) is 13.2 Å². The van der Waals surface area contributed by atoms with E-state index in [-0.39, 0.29) is 25.6 Å². The fraction of sp³-hybridized carbons (Fsp3) is 0.588. The molecular formula is C17H25NO5. The Morgan fingerprint density at radius 1 is 1.39 bits per heavy atom. The van der Waals surface area contributed by atoms with Crippen molar-refractivity contribution in [2.45, 2.75) is 51.2 Å². The summed E-state index contributed by atoms with van der Waals surface area (Å²) in [5.41, 5.74) is 0.906.